The summed E-state index contributed by atoms with van der Waals surface area (Å²) in [6.45, 7) is 0.497. The van der Waals surface area contributed by atoms with E-state index in [2.05, 4.69) is 10.6 Å². The molecular weight excluding hydrogens is 354 g/mol. The van der Waals surface area contributed by atoms with Crippen LogP contribution in [-0.2, 0) is 22.7 Å². The summed E-state index contributed by atoms with van der Waals surface area (Å²) in [5.41, 5.74) is 0.842. The average molecular weight is 371 g/mol. The third-order valence-electron chi connectivity index (χ3n) is 4.32. The fourth-order valence-corrected chi connectivity index (χ4v) is 2.93. The van der Waals surface area contributed by atoms with Crippen LogP contribution < -0.4 is 20.1 Å². The number of carbonyl (C=O) groups excluding carboxylic acids is 3. The molecule has 1 atom stereocenters. The first-order chi connectivity index (χ1) is 13.1. The number of nitrogens with zero attached hydrogens (tertiary/aromatic N) is 1. The van der Waals surface area contributed by atoms with Gasteiger partial charge in [-0.15, -0.1) is 0 Å². The van der Waals surface area contributed by atoms with Crippen LogP contribution in [0.2, 0.25) is 0 Å². The molecule has 1 saturated heterocycles. The van der Waals surface area contributed by atoms with Crippen LogP contribution in [0.25, 0.3) is 0 Å². The van der Waals surface area contributed by atoms with Gasteiger partial charge < -0.3 is 24.5 Å². The molecule has 27 heavy (non-hydrogen) atoms. The topological polar surface area (TPSA) is 110 Å². The maximum Gasteiger partial charge on any atom is 0.325 e. The zero-order chi connectivity index (χ0) is 18.8. The fourth-order valence-electron chi connectivity index (χ4n) is 2.93. The number of furan rings is 1. The Morgan fingerprint density at radius 2 is 2.07 bits per heavy atom. The summed E-state index contributed by atoms with van der Waals surface area (Å²) in [6.07, 6.45) is 1.33. The van der Waals surface area contributed by atoms with E-state index in [0.29, 0.717) is 17.3 Å². The van der Waals surface area contributed by atoms with E-state index in [1.165, 1.54) is 6.26 Å². The minimum absolute atomic E-state index is 0.0347. The lowest BCUT2D eigenvalue weighted by Gasteiger charge is -2.11. The standard InChI is InChI=1S/C18H17N3O6/c22-16(19-8-11-3-4-14-15(6-11)27-10-26-14)7-13-17(23)21(18(24)20-13)9-12-2-1-5-25-12/h1-6,13H,7-10H2,(H,19,22)(H,20,24). The van der Waals surface area contributed by atoms with E-state index in [0.717, 1.165) is 10.5 Å². The van der Waals surface area contributed by atoms with Crippen LogP contribution in [0.15, 0.2) is 41.0 Å². The first kappa shape index (κ1) is 17.0. The van der Waals surface area contributed by atoms with Crippen molar-refractivity contribution >= 4 is 17.8 Å². The molecule has 2 aromatic rings. The smallest absolute Gasteiger partial charge is 0.325 e. The van der Waals surface area contributed by atoms with E-state index >= 15 is 0 Å². The van der Waals surface area contributed by atoms with Crippen molar-refractivity contribution in [1.29, 1.82) is 0 Å². The Hall–Kier alpha value is -3.49. The van der Waals surface area contributed by atoms with Crippen molar-refractivity contribution in [2.45, 2.75) is 25.6 Å². The van der Waals surface area contributed by atoms with Gasteiger partial charge in [-0.2, -0.15) is 0 Å². The number of amides is 4. The summed E-state index contributed by atoms with van der Waals surface area (Å²) >= 11 is 0. The molecule has 1 aromatic carbocycles. The number of hydrogen-bond donors (Lipinski definition) is 2. The second-order valence-electron chi connectivity index (χ2n) is 6.17. The first-order valence-corrected chi connectivity index (χ1v) is 8.39. The second kappa shape index (κ2) is 7.02. The Morgan fingerprint density at radius 3 is 2.89 bits per heavy atom. The Kier molecular flexibility index (Phi) is 4.41. The van der Waals surface area contributed by atoms with Gasteiger partial charge in [0.25, 0.3) is 5.91 Å². The molecule has 0 saturated carbocycles. The molecule has 1 fully saturated rings. The number of nitrogens with one attached hydrogen (secondary N) is 2. The van der Waals surface area contributed by atoms with Crippen LogP contribution in [0.1, 0.15) is 17.7 Å². The third kappa shape index (κ3) is 3.57. The Labute approximate surface area is 154 Å². The van der Waals surface area contributed by atoms with E-state index in [-0.39, 0.29) is 32.2 Å². The van der Waals surface area contributed by atoms with Crippen molar-refractivity contribution in [1.82, 2.24) is 15.5 Å². The van der Waals surface area contributed by atoms with Crippen LogP contribution in [0.5, 0.6) is 11.5 Å². The Morgan fingerprint density at radius 1 is 1.22 bits per heavy atom. The summed E-state index contributed by atoms with van der Waals surface area (Å²) in [6, 6.07) is 7.31. The molecule has 3 heterocycles. The molecule has 1 unspecified atom stereocenters. The molecule has 0 spiro atoms. The molecule has 4 rings (SSSR count). The number of rotatable bonds is 6. The number of hydrogen-bond acceptors (Lipinski definition) is 6. The molecule has 1 aromatic heterocycles. The number of ether oxygens (including phenoxy) is 2. The summed E-state index contributed by atoms with van der Waals surface area (Å²) in [7, 11) is 0. The number of fused-ring (bicyclic) bond motifs is 1. The monoisotopic (exact) mass is 371 g/mol. The molecule has 9 nitrogen and oxygen atoms in total. The fraction of sp³-hybridized carbons (Fsp3) is 0.278. The maximum absolute atomic E-state index is 12.4. The largest absolute Gasteiger partial charge is 0.467 e. The minimum atomic E-state index is -0.885. The van der Waals surface area contributed by atoms with Gasteiger partial charge in [0.05, 0.1) is 19.2 Å². The van der Waals surface area contributed by atoms with Crippen LogP contribution in [0.3, 0.4) is 0 Å². The van der Waals surface area contributed by atoms with Crippen molar-refractivity contribution in [2.75, 3.05) is 6.79 Å². The van der Waals surface area contributed by atoms with Crippen molar-refractivity contribution in [3.63, 3.8) is 0 Å². The molecule has 2 N–H and O–H groups in total. The average Bonchev–Trinajstić information content (AvgIpc) is 3.38. The zero-order valence-electron chi connectivity index (χ0n) is 14.3. The van der Waals surface area contributed by atoms with Crippen molar-refractivity contribution < 1.29 is 28.3 Å². The second-order valence-corrected chi connectivity index (χ2v) is 6.17. The van der Waals surface area contributed by atoms with E-state index in [1.54, 1.807) is 24.3 Å². The highest BCUT2D eigenvalue weighted by atomic mass is 16.7. The predicted molar refractivity (Wildman–Crippen MR) is 90.6 cm³/mol. The molecule has 0 bridgehead atoms. The van der Waals surface area contributed by atoms with Gasteiger partial charge in [-0.05, 0) is 29.8 Å². The van der Waals surface area contributed by atoms with Gasteiger partial charge in [0.2, 0.25) is 12.7 Å². The molecule has 0 radical (unpaired) electrons. The molecule has 140 valence electrons. The van der Waals surface area contributed by atoms with Gasteiger partial charge in [0, 0.05) is 6.54 Å². The highest BCUT2D eigenvalue weighted by Crippen LogP contribution is 2.32. The number of benzene rings is 1. The van der Waals surface area contributed by atoms with Gasteiger partial charge in [0.1, 0.15) is 11.8 Å². The lowest BCUT2D eigenvalue weighted by molar-refractivity contribution is -0.131. The highest BCUT2D eigenvalue weighted by molar-refractivity contribution is 6.05. The highest BCUT2D eigenvalue weighted by Gasteiger charge is 2.39. The van der Waals surface area contributed by atoms with E-state index in [4.69, 9.17) is 13.9 Å². The quantitative estimate of drug-likeness (QED) is 0.737. The molecule has 2 aliphatic rings. The van der Waals surface area contributed by atoms with Crippen molar-refractivity contribution in [3.05, 3.63) is 47.9 Å². The normalized spacial score (nSPS) is 17.9. The van der Waals surface area contributed by atoms with Crippen LogP contribution in [0, 0.1) is 0 Å². The molecule has 4 amide bonds. The predicted octanol–water partition coefficient (Wildman–Crippen LogP) is 1.14. The van der Waals surface area contributed by atoms with Crippen LogP contribution >= 0.6 is 0 Å². The van der Waals surface area contributed by atoms with E-state index in [1.807, 2.05) is 6.07 Å². The number of urea groups is 1. The maximum atomic E-state index is 12.4. The summed E-state index contributed by atoms with van der Waals surface area (Å²) < 4.78 is 15.7. The van der Waals surface area contributed by atoms with Crippen LogP contribution in [-0.4, -0.2) is 35.6 Å². The molecule has 2 aliphatic heterocycles. The van der Waals surface area contributed by atoms with Gasteiger partial charge in [-0.1, -0.05) is 6.07 Å². The SMILES string of the molecule is O=C(CC1NC(=O)N(Cc2ccco2)C1=O)NCc1ccc2c(c1)OCO2. The molecule has 9 heteroatoms. The molecular formula is C18H17N3O6. The third-order valence-corrected chi connectivity index (χ3v) is 4.32. The first-order valence-electron chi connectivity index (χ1n) is 8.39. The van der Waals surface area contributed by atoms with E-state index < -0.39 is 18.0 Å². The van der Waals surface area contributed by atoms with E-state index in [9.17, 15) is 14.4 Å². The van der Waals surface area contributed by atoms with Crippen molar-refractivity contribution in [2.24, 2.45) is 0 Å². The van der Waals surface area contributed by atoms with Gasteiger partial charge in [0.15, 0.2) is 11.5 Å². The van der Waals surface area contributed by atoms with Gasteiger partial charge in [-0.3, -0.25) is 14.5 Å². The summed E-state index contributed by atoms with van der Waals surface area (Å²) in [4.78, 5) is 37.6. The summed E-state index contributed by atoms with van der Waals surface area (Å²) in [5, 5.41) is 5.26. The molecule has 0 aliphatic carbocycles. The Bertz CT molecular complexity index is 879. The van der Waals surface area contributed by atoms with Crippen molar-refractivity contribution in [3.8, 4) is 11.5 Å². The minimum Gasteiger partial charge on any atom is -0.467 e. The van der Waals surface area contributed by atoms with Gasteiger partial charge in [-0.25, -0.2) is 4.79 Å². The Balaban J connectivity index is 1.30. The lowest BCUT2D eigenvalue weighted by atomic mass is 10.1. The van der Waals surface area contributed by atoms with Crippen LogP contribution in [0.4, 0.5) is 4.79 Å². The summed E-state index contributed by atoms with van der Waals surface area (Å²) in [5.74, 6) is 1.00. The number of imide groups is 1. The number of carbonyl (C=O) groups is 3. The lowest BCUT2D eigenvalue weighted by Crippen LogP contribution is -2.36. The van der Waals surface area contributed by atoms with Gasteiger partial charge >= 0.3 is 6.03 Å². The zero-order valence-corrected chi connectivity index (χ0v) is 14.3.